The van der Waals surface area contributed by atoms with E-state index in [0.29, 0.717) is 16.8 Å². The summed E-state index contributed by atoms with van der Waals surface area (Å²) in [4.78, 5) is 35.0. The van der Waals surface area contributed by atoms with Gasteiger partial charge in [-0.15, -0.1) is 11.3 Å². The van der Waals surface area contributed by atoms with Gasteiger partial charge < -0.3 is 10.6 Å². The average Bonchev–Trinajstić information content (AvgIpc) is 3.22. The highest BCUT2D eigenvalue weighted by Gasteiger charge is 2.18. The Morgan fingerprint density at radius 3 is 2.42 bits per heavy atom. The first-order chi connectivity index (χ1) is 15.9. The van der Waals surface area contributed by atoms with E-state index in [-0.39, 0.29) is 17.9 Å². The summed E-state index contributed by atoms with van der Waals surface area (Å²) < 4.78 is 0. The number of nitrogens with zero attached hydrogens (tertiary/aromatic N) is 2. The third-order valence-corrected chi connectivity index (χ3v) is 6.57. The average molecular weight is 457 g/mol. The Morgan fingerprint density at radius 1 is 0.939 bits per heavy atom. The molecule has 1 unspecified atom stereocenters. The van der Waals surface area contributed by atoms with E-state index in [0.717, 1.165) is 21.1 Å². The Bertz CT molecular complexity index is 1280. The summed E-state index contributed by atoms with van der Waals surface area (Å²) in [5.74, 6) is -0.498. The fourth-order valence-corrected chi connectivity index (χ4v) is 4.49. The van der Waals surface area contributed by atoms with Crippen LogP contribution in [-0.2, 0) is 0 Å². The van der Waals surface area contributed by atoms with Crippen molar-refractivity contribution in [2.75, 3.05) is 5.32 Å². The normalized spacial score (nSPS) is 11.6. The van der Waals surface area contributed by atoms with Crippen LogP contribution >= 0.6 is 11.3 Å². The van der Waals surface area contributed by atoms with Crippen molar-refractivity contribution in [1.29, 1.82) is 0 Å². The summed E-state index contributed by atoms with van der Waals surface area (Å²) >= 11 is 1.58. The van der Waals surface area contributed by atoms with Gasteiger partial charge in [0.1, 0.15) is 5.01 Å². The molecule has 166 valence electrons. The van der Waals surface area contributed by atoms with Crippen molar-refractivity contribution >= 4 is 28.8 Å². The zero-order chi connectivity index (χ0) is 23.4. The van der Waals surface area contributed by atoms with Crippen molar-refractivity contribution in [3.63, 3.8) is 0 Å². The number of benzene rings is 2. The molecule has 0 aliphatic rings. The van der Waals surface area contributed by atoms with Crippen LogP contribution in [0.3, 0.4) is 0 Å². The number of carbonyl (C=O) groups excluding carboxylic acids is 2. The van der Waals surface area contributed by atoms with Crippen molar-refractivity contribution in [1.82, 2.24) is 15.3 Å². The number of thiazole rings is 1. The lowest BCUT2D eigenvalue weighted by molar-refractivity contribution is 0.0939. The Morgan fingerprint density at radius 2 is 1.70 bits per heavy atom. The van der Waals surface area contributed by atoms with Crippen molar-refractivity contribution < 1.29 is 9.59 Å². The number of aromatic nitrogens is 2. The second-order valence-corrected chi connectivity index (χ2v) is 8.84. The number of aryl methyl sites for hydroxylation is 2. The van der Waals surface area contributed by atoms with E-state index in [1.807, 2.05) is 13.8 Å². The number of carbonyl (C=O) groups is 2. The second kappa shape index (κ2) is 9.75. The maximum Gasteiger partial charge on any atom is 0.257 e. The first-order valence-corrected chi connectivity index (χ1v) is 11.4. The van der Waals surface area contributed by atoms with Crippen LogP contribution in [0.2, 0.25) is 0 Å². The third-order valence-electron chi connectivity index (χ3n) is 5.18. The lowest BCUT2D eigenvalue weighted by Crippen LogP contribution is -2.26. The molecule has 0 spiro atoms. The second-order valence-electron chi connectivity index (χ2n) is 7.81. The summed E-state index contributed by atoms with van der Waals surface area (Å²) in [5, 5.41) is 6.79. The maximum atomic E-state index is 12.9. The first-order valence-electron chi connectivity index (χ1n) is 10.6. The van der Waals surface area contributed by atoms with Gasteiger partial charge in [-0.1, -0.05) is 35.9 Å². The molecular formula is C26H24N4O2S. The lowest BCUT2D eigenvalue weighted by atomic mass is 10.1. The molecule has 0 radical (unpaired) electrons. The van der Waals surface area contributed by atoms with E-state index in [2.05, 4.69) is 46.8 Å². The molecule has 0 aliphatic carbocycles. The van der Waals surface area contributed by atoms with Gasteiger partial charge in [0.25, 0.3) is 11.8 Å². The van der Waals surface area contributed by atoms with Crippen LogP contribution in [0.1, 0.15) is 49.8 Å². The van der Waals surface area contributed by atoms with Crippen LogP contribution in [-0.4, -0.2) is 21.8 Å². The largest absolute Gasteiger partial charge is 0.345 e. The van der Waals surface area contributed by atoms with E-state index >= 15 is 0 Å². The Hall–Kier alpha value is -3.84. The maximum absolute atomic E-state index is 12.9. The summed E-state index contributed by atoms with van der Waals surface area (Å²) in [6.45, 7) is 5.96. The molecule has 2 N–H and O–H groups in total. The van der Waals surface area contributed by atoms with Gasteiger partial charge in [-0.05, 0) is 51.1 Å². The molecule has 2 aromatic heterocycles. The number of hydrogen-bond acceptors (Lipinski definition) is 5. The zero-order valence-corrected chi connectivity index (χ0v) is 19.4. The quantitative estimate of drug-likeness (QED) is 0.398. The fourth-order valence-electron chi connectivity index (χ4n) is 3.41. The van der Waals surface area contributed by atoms with Crippen LogP contribution < -0.4 is 10.6 Å². The molecule has 7 heteroatoms. The van der Waals surface area contributed by atoms with Crippen molar-refractivity contribution in [3.05, 3.63) is 100 Å². The molecule has 0 aliphatic heterocycles. The molecule has 1 atom stereocenters. The van der Waals surface area contributed by atoms with Crippen molar-refractivity contribution in [2.24, 2.45) is 0 Å². The molecule has 2 amide bonds. The molecule has 0 saturated carbocycles. The van der Waals surface area contributed by atoms with E-state index in [1.54, 1.807) is 53.9 Å². The van der Waals surface area contributed by atoms with Crippen molar-refractivity contribution in [2.45, 2.75) is 26.8 Å². The molecule has 4 rings (SSSR count). The Kier molecular flexibility index (Phi) is 6.60. The molecule has 2 heterocycles. The van der Waals surface area contributed by atoms with Gasteiger partial charge >= 0.3 is 0 Å². The monoisotopic (exact) mass is 456 g/mol. The van der Waals surface area contributed by atoms with Gasteiger partial charge in [0, 0.05) is 29.2 Å². The van der Waals surface area contributed by atoms with Crippen LogP contribution in [0.5, 0.6) is 0 Å². The summed E-state index contributed by atoms with van der Waals surface area (Å²) in [6.07, 6.45) is 3.10. The molecule has 0 bridgehead atoms. The van der Waals surface area contributed by atoms with E-state index in [4.69, 9.17) is 4.98 Å². The molecule has 2 aromatic carbocycles. The standard InChI is InChI=1S/C26H24N4O2S/c1-16-9-11-19(12-10-16)26-29-18(3)23(33-26)17(2)28-24(31)20-6-4-8-22(14-20)30-25(32)21-7-5-13-27-15-21/h4-15,17H,1-3H3,(H,28,31)(H,30,32). The van der Waals surface area contributed by atoms with Gasteiger partial charge in [0.05, 0.1) is 22.2 Å². The topological polar surface area (TPSA) is 84.0 Å². The molecule has 0 fully saturated rings. The van der Waals surface area contributed by atoms with Gasteiger partial charge in [0.15, 0.2) is 0 Å². The Balaban J connectivity index is 1.46. The third kappa shape index (κ3) is 5.32. The van der Waals surface area contributed by atoms with Crippen LogP contribution in [0.15, 0.2) is 73.1 Å². The van der Waals surface area contributed by atoms with Crippen LogP contribution in [0.4, 0.5) is 5.69 Å². The molecule has 6 nitrogen and oxygen atoms in total. The van der Waals surface area contributed by atoms with Gasteiger partial charge in [-0.2, -0.15) is 0 Å². The smallest absolute Gasteiger partial charge is 0.257 e. The van der Waals surface area contributed by atoms with Gasteiger partial charge in [-0.3, -0.25) is 14.6 Å². The van der Waals surface area contributed by atoms with Gasteiger partial charge in [-0.25, -0.2) is 4.98 Å². The van der Waals surface area contributed by atoms with Crippen LogP contribution in [0, 0.1) is 13.8 Å². The minimum absolute atomic E-state index is 0.206. The summed E-state index contributed by atoms with van der Waals surface area (Å²) in [7, 11) is 0. The van der Waals surface area contributed by atoms with E-state index < -0.39 is 0 Å². The highest BCUT2D eigenvalue weighted by molar-refractivity contribution is 7.15. The number of nitrogens with one attached hydrogen (secondary N) is 2. The molecule has 0 saturated heterocycles. The van der Waals surface area contributed by atoms with Crippen molar-refractivity contribution in [3.8, 4) is 10.6 Å². The van der Waals surface area contributed by atoms with E-state index in [9.17, 15) is 9.59 Å². The number of hydrogen-bond donors (Lipinski definition) is 2. The summed E-state index contributed by atoms with van der Waals surface area (Å²) in [5.41, 5.74) is 4.63. The number of pyridine rings is 1. The van der Waals surface area contributed by atoms with E-state index in [1.165, 1.54) is 11.8 Å². The van der Waals surface area contributed by atoms with Gasteiger partial charge in [0.2, 0.25) is 0 Å². The minimum Gasteiger partial charge on any atom is -0.345 e. The summed E-state index contributed by atoms with van der Waals surface area (Å²) in [6, 6.07) is 18.3. The SMILES string of the molecule is Cc1ccc(-c2nc(C)c(C(C)NC(=O)c3cccc(NC(=O)c4cccnc4)c3)s2)cc1. The fraction of sp³-hybridized carbons (Fsp3) is 0.154. The number of anilines is 1. The highest BCUT2D eigenvalue weighted by atomic mass is 32.1. The number of rotatable bonds is 6. The lowest BCUT2D eigenvalue weighted by Gasteiger charge is -2.14. The molecule has 4 aromatic rings. The Labute approximate surface area is 196 Å². The molecule has 33 heavy (non-hydrogen) atoms. The number of amides is 2. The zero-order valence-electron chi connectivity index (χ0n) is 18.6. The minimum atomic E-state index is -0.280. The first kappa shape index (κ1) is 22.4. The highest BCUT2D eigenvalue weighted by Crippen LogP contribution is 2.32. The molecular weight excluding hydrogens is 432 g/mol. The van der Waals surface area contributed by atoms with Crippen LogP contribution in [0.25, 0.3) is 10.6 Å². The predicted molar refractivity (Wildman–Crippen MR) is 132 cm³/mol. The predicted octanol–water partition coefficient (Wildman–Crippen LogP) is 5.57.